The topological polar surface area (TPSA) is 0 Å². The molecule has 0 saturated heterocycles. The van der Waals surface area contributed by atoms with Crippen molar-refractivity contribution in [3.05, 3.63) is 0 Å². The van der Waals surface area contributed by atoms with E-state index in [1.54, 1.807) is 0 Å². The van der Waals surface area contributed by atoms with E-state index in [0.717, 1.165) is 0 Å². The molecule has 0 aliphatic rings. The molecule has 0 fully saturated rings. The standard InChI is InChI=1S/Mn.Ti.V.W. The molecule has 0 aromatic rings. The van der Waals surface area contributed by atoms with Gasteiger partial charge in [-0.05, 0) is 0 Å². The molecule has 0 aliphatic carbocycles. The van der Waals surface area contributed by atoms with Gasteiger partial charge in [0.05, 0.1) is 0 Å². The minimum Gasteiger partial charge on any atom is 0 e. The van der Waals surface area contributed by atoms with Gasteiger partial charge in [0.25, 0.3) is 0 Å². The third-order valence-electron chi connectivity index (χ3n) is 0. The zero-order valence-electron chi connectivity index (χ0n) is 1.73. The molecule has 0 aliphatic heterocycles. The second-order valence-electron chi connectivity index (χ2n) is 0. The van der Waals surface area contributed by atoms with Crippen molar-refractivity contribution < 1.29 is 78.4 Å². The summed E-state index contributed by atoms with van der Waals surface area (Å²) < 4.78 is 0. The molecule has 0 nitrogen and oxygen atoms in total. The van der Waals surface area contributed by atoms with Crippen molar-refractivity contribution in [2.75, 3.05) is 0 Å². The molecule has 0 aromatic heterocycles. The maximum atomic E-state index is 0. The Bertz CT molecular complexity index is 8.00. The third kappa shape index (κ3) is 8.82. The largest absolute Gasteiger partial charge is 0 e. The molecule has 4 heavy (non-hydrogen) atoms. The third-order valence-corrected chi connectivity index (χ3v) is 0. The van der Waals surface area contributed by atoms with Crippen molar-refractivity contribution in [1.82, 2.24) is 0 Å². The summed E-state index contributed by atoms with van der Waals surface area (Å²) in [5, 5.41) is 0. The van der Waals surface area contributed by atoms with Crippen molar-refractivity contribution in [2.45, 2.75) is 0 Å². The molecule has 4 heteroatoms. The average molecular weight is 338 g/mol. The normalized spacial score (nSPS) is 0. The minimum absolute atomic E-state index is 0. The van der Waals surface area contributed by atoms with Crippen LogP contribution >= 0.6 is 0 Å². The van der Waals surface area contributed by atoms with E-state index < -0.39 is 0 Å². The summed E-state index contributed by atoms with van der Waals surface area (Å²) >= 11 is 0. The number of hydrogen-bond acceptors (Lipinski definition) is 0. The van der Waals surface area contributed by atoms with Crippen LogP contribution in [0.3, 0.4) is 0 Å². The zero-order valence-corrected chi connectivity index (χ0v) is 8.81. The van der Waals surface area contributed by atoms with Gasteiger partial charge in [-0.25, -0.2) is 0 Å². The van der Waals surface area contributed by atoms with Gasteiger partial charge in [-0.15, -0.1) is 0 Å². The van der Waals surface area contributed by atoms with E-state index in [9.17, 15) is 0 Å². The molecule has 0 N–H and O–H groups in total. The molecular formula is MnTiVW. The second kappa shape index (κ2) is 17.8. The molecule has 2 radical (unpaired) electrons. The van der Waals surface area contributed by atoms with Crippen LogP contribution in [-0.2, 0) is 78.4 Å². The van der Waals surface area contributed by atoms with Crippen molar-refractivity contribution in [2.24, 2.45) is 0 Å². The van der Waals surface area contributed by atoms with Crippen molar-refractivity contribution in [1.29, 1.82) is 0 Å². The Kier molecular flexibility index (Phi) is 140. The van der Waals surface area contributed by atoms with E-state index >= 15 is 0 Å². The number of hydrogen-bond donors (Lipinski definition) is 0. The van der Waals surface area contributed by atoms with Gasteiger partial charge in [0.1, 0.15) is 0 Å². The number of rotatable bonds is 0. The molecule has 0 rings (SSSR count). The molecule has 22 valence electrons. The van der Waals surface area contributed by atoms with Crippen LogP contribution in [0, 0.1) is 0 Å². The predicted octanol–water partition coefficient (Wildman–Crippen LogP) is -0.0100. The van der Waals surface area contributed by atoms with Crippen molar-refractivity contribution in [3.8, 4) is 0 Å². The van der Waals surface area contributed by atoms with Crippen molar-refractivity contribution in [3.63, 3.8) is 0 Å². The first kappa shape index (κ1) is 31.4. The van der Waals surface area contributed by atoms with E-state index in [4.69, 9.17) is 0 Å². The van der Waals surface area contributed by atoms with E-state index in [1.165, 1.54) is 0 Å². The molecule has 0 atom stereocenters. The van der Waals surface area contributed by atoms with Gasteiger partial charge in [-0.2, -0.15) is 0 Å². The zero-order chi connectivity index (χ0) is 0. The Hall–Kier alpha value is 2.51. The Morgan fingerprint density at radius 2 is 1.00 bits per heavy atom. The van der Waals surface area contributed by atoms with E-state index in [1.807, 2.05) is 0 Å². The van der Waals surface area contributed by atoms with Crippen LogP contribution in [-0.4, -0.2) is 0 Å². The molecular weight excluding hydrogens is 338 g/mol. The first-order valence-corrected chi connectivity index (χ1v) is 0. The van der Waals surface area contributed by atoms with Gasteiger partial charge >= 0.3 is 0 Å². The Balaban J connectivity index is 0. The Labute approximate surface area is 77.4 Å². The van der Waals surface area contributed by atoms with Crippen LogP contribution < -0.4 is 0 Å². The summed E-state index contributed by atoms with van der Waals surface area (Å²) in [6.07, 6.45) is 0. The fourth-order valence-electron chi connectivity index (χ4n) is 0. The molecule has 0 bridgehead atoms. The second-order valence-corrected chi connectivity index (χ2v) is 0. The van der Waals surface area contributed by atoms with Gasteiger partial charge in [0.2, 0.25) is 0 Å². The van der Waals surface area contributed by atoms with Gasteiger partial charge in [-0.1, -0.05) is 0 Å². The Morgan fingerprint density at radius 3 is 1.00 bits per heavy atom. The van der Waals surface area contributed by atoms with E-state index in [2.05, 4.69) is 0 Å². The molecule has 0 aromatic carbocycles. The fraction of sp³-hybridized carbons (Fsp3) is 0. The van der Waals surface area contributed by atoms with Crippen molar-refractivity contribution >= 4 is 0 Å². The summed E-state index contributed by atoms with van der Waals surface area (Å²) in [7, 11) is 0. The minimum atomic E-state index is 0. The smallest absolute Gasteiger partial charge is 0 e. The molecule has 0 amide bonds. The van der Waals surface area contributed by atoms with E-state index in [-0.39, 0.29) is 78.4 Å². The summed E-state index contributed by atoms with van der Waals surface area (Å²) in [6, 6.07) is 0. The molecule has 0 heterocycles. The van der Waals surface area contributed by atoms with E-state index in [0.29, 0.717) is 0 Å². The maximum absolute atomic E-state index is 0. The quantitative estimate of drug-likeness (QED) is 0.546. The summed E-state index contributed by atoms with van der Waals surface area (Å²) in [5.41, 5.74) is 0. The maximum Gasteiger partial charge on any atom is 0 e. The first-order valence-electron chi connectivity index (χ1n) is 0. The summed E-state index contributed by atoms with van der Waals surface area (Å²) in [6.45, 7) is 0. The molecule has 0 unspecified atom stereocenters. The van der Waals surface area contributed by atoms with Crippen LogP contribution in [0.2, 0.25) is 0 Å². The summed E-state index contributed by atoms with van der Waals surface area (Å²) in [5.74, 6) is 0. The summed E-state index contributed by atoms with van der Waals surface area (Å²) in [4.78, 5) is 0. The van der Waals surface area contributed by atoms with Crippen LogP contribution in [0.25, 0.3) is 0 Å². The SMILES string of the molecule is [Mn].[Ti].[V].[W]. The van der Waals surface area contributed by atoms with Crippen LogP contribution in [0.15, 0.2) is 0 Å². The van der Waals surface area contributed by atoms with Crippen LogP contribution in [0.4, 0.5) is 0 Å². The van der Waals surface area contributed by atoms with Gasteiger partial charge in [0, 0.05) is 78.4 Å². The molecule has 0 spiro atoms. The van der Waals surface area contributed by atoms with Crippen LogP contribution in [0.5, 0.6) is 0 Å². The van der Waals surface area contributed by atoms with Gasteiger partial charge in [-0.3, -0.25) is 0 Å². The van der Waals surface area contributed by atoms with Crippen LogP contribution in [0.1, 0.15) is 0 Å². The average Bonchev–Trinajstić information content (AvgIpc) is 0. The fourth-order valence-corrected chi connectivity index (χ4v) is 0. The molecule has 0 saturated carbocycles. The van der Waals surface area contributed by atoms with Gasteiger partial charge in [0.15, 0.2) is 0 Å². The first-order chi connectivity index (χ1) is 0. The monoisotopic (exact) mass is 338 g/mol. The predicted molar refractivity (Wildman–Crippen MR) is 0 cm³/mol. The van der Waals surface area contributed by atoms with Gasteiger partial charge < -0.3 is 0 Å². The Morgan fingerprint density at radius 1 is 1.00 bits per heavy atom.